The van der Waals surface area contributed by atoms with E-state index < -0.39 is 11.7 Å². The van der Waals surface area contributed by atoms with Crippen LogP contribution in [0.3, 0.4) is 0 Å². The summed E-state index contributed by atoms with van der Waals surface area (Å²) >= 11 is 1.57. The summed E-state index contributed by atoms with van der Waals surface area (Å²) in [5.41, 5.74) is 0.168. The lowest BCUT2D eigenvalue weighted by atomic mass is 10.1. The van der Waals surface area contributed by atoms with Crippen molar-refractivity contribution in [1.82, 2.24) is 9.80 Å². The fraction of sp³-hybridized carbons (Fsp3) is 0.435. The molecule has 8 heteroatoms. The Morgan fingerprint density at radius 1 is 0.968 bits per heavy atom. The van der Waals surface area contributed by atoms with E-state index in [1.54, 1.807) is 17.8 Å². The topological polar surface area (TPSA) is 32.8 Å². The maximum absolute atomic E-state index is 13.0. The van der Waals surface area contributed by atoms with Gasteiger partial charge in [0.1, 0.15) is 16.9 Å². The van der Waals surface area contributed by atoms with Crippen molar-refractivity contribution in [2.75, 3.05) is 31.9 Å². The van der Waals surface area contributed by atoms with Gasteiger partial charge in [-0.25, -0.2) is 0 Å². The zero-order valence-corrected chi connectivity index (χ0v) is 17.9. The van der Waals surface area contributed by atoms with Gasteiger partial charge in [-0.1, -0.05) is 24.6 Å². The summed E-state index contributed by atoms with van der Waals surface area (Å²) in [4.78, 5) is 16.8. The van der Waals surface area contributed by atoms with Gasteiger partial charge in [-0.15, -0.1) is 11.8 Å². The first kappa shape index (κ1) is 22.0. The molecule has 0 N–H and O–H groups in total. The minimum absolute atomic E-state index is 0.109. The number of rotatable bonds is 6. The van der Waals surface area contributed by atoms with Crippen LogP contribution in [-0.4, -0.2) is 47.6 Å². The fourth-order valence-electron chi connectivity index (χ4n) is 4.01. The van der Waals surface area contributed by atoms with Crippen molar-refractivity contribution >= 4 is 17.7 Å². The third kappa shape index (κ3) is 5.54. The predicted molar refractivity (Wildman–Crippen MR) is 115 cm³/mol. The van der Waals surface area contributed by atoms with Crippen LogP contribution in [0, 0.1) is 0 Å². The highest BCUT2D eigenvalue weighted by atomic mass is 32.2. The van der Waals surface area contributed by atoms with Crippen LogP contribution in [0.4, 0.5) is 13.2 Å². The molecule has 2 aliphatic heterocycles. The van der Waals surface area contributed by atoms with Crippen LogP contribution < -0.4 is 4.74 Å². The minimum Gasteiger partial charge on any atom is -0.457 e. The Labute approximate surface area is 184 Å². The SMILES string of the molecule is O=C1CSC(c2cccc(Oc3cccc(C(F)(F)F)c3)c2)N1CCN1CCCCC1. The number of carbonyl (C=O) groups excluding carboxylic acids is 1. The molecule has 1 unspecified atom stereocenters. The summed E-state index contributed by atoms with van der Waals surface area (Å²) in [6, 6.07) is 12.1. The molecule has 1 atom stereocenters. The Kier molecular flexibility index (Phi) is 6.77. The van der Waals surface area contributed by atoms with Gasteiger partial charge in [-0.3, -0.25) is 4.79 Å². The molecule has 0 spiro atoms. The zero-order chi connectivity index (χ0) is 21.8. The first-order chi connectivity index (χ1) is 14.9. The molecule has 1 amide bonds. The second-order valence-electron chi connectivity index (χ2n) is 7.85. The third-order valence-electron chi connectivity index (χ3n) is 5.61. The summed E-state index contributed by atoms with van der Waals surface area (Å²) in [7, 11) is 0. The van der Waals surface area contributed by atoms with E-state index in [1.807, 2.05) is 23.1 Å². The molecular formula is C23H25F3N2O2S. The fourth-order valence-corrected chi connectivity index (χ4v) is 5.22. The highest BCUT2D eigenvalue weighted by Gasteiger charge is 2.33. The lowest BCUT2D eigenvalue weighted by Gasteiger charge is -2.30. The molecule has 0 aromatic heterocycles. The van der Waals surface area contributed by atoms with E-state index in [9.17, 15) is 18.0 Å². The molecule has 2 aliphatic rings. The van der Waals surface area contributed by atoms with Gasteiger partial charge in [0, 0.05) is 13.1 Å². The molecule has 0 bridgehead atoms. The molecule has 2 heterocycles. The molecule has 0 aliphatic carbocycles. The molecule has 4 rings (SSSR count). The van der Waals surface area contributed by atoms with E-state index in [2.05, 4.69) is 4.90 Å². The maximum Gasteiger partial charge on any atom is 0.416 e. The summed E-state index contributed by atoms with van der Waals surface area (Å²) in [6.07, 6.45) is -0.727. The van der Waals surface area contributed by atoms with Crippen LogP contribution in [-0.2, 0) is 11.0 Å². The van der Waals surface area contributed by atoms with E-state index in [0.29, 0.717) is 18.0 Å². The number of hydrogen-bond acceptors (Lipinski definition) is 4. The number of amides is 1. The average molecular weight is 451 g/mol. The van der Waals surface area contributed by atoms with Crippen LogP contribution in [0.5, 0.6) is 11.5 Å². The Balaban J connectivity index is 1.46. The van der Waals surface area contributed by atoms with Gasteiger partial charge < -0.3 is 14.5 Å². The van der Waals surface area contributed by atoms with Crippen molar-refractivity contribution in [3.63, 3.8) is 0 Å². The quantitative estimate of drug-likeness (QED) is 0.577. The summed E-state index contributed by atoms with van der Waals surface area (Å²) in [5, 5.41) is -0.109. The first-order valence-electron chi connectivity index (χ1n) is 10.5. The third-order valence-corrected chi connectivity index (χ3v) is 6.87. The van der Waals surface area contributed by atoms with Crippen LogP contribution in [0.25, 0.3) is 0 Å². The number of carbonyl (C=O) groups is 1. The summed E-state index contributed by atoms with van der Waals surface area (Å²) in [5.74, 6) is 1.14. The van der Waals surface area contributed by atoms with Gasteiger partial charge in [-0.2, -0.15) is 13.2 Å². The molecular weight excluding hydrogens is 425 g/mol. The number of hydrogen-bond donors (Lipinski definition) is 0. The standard InChI is InChI=1S/C23H25F3N2O2S/c24-23(25,26)18-7-5-9-20(15-18)30-19-8-4-6-17(14-19)22-28(21(29)16-31-22)13-12-27-10-2-1-3-11-27/h4-9,14-15,22H,1-3,10-13,16H2. The van der Waals surface area contributed by atoms with Crippen LogP contribution in [0.15, 0.2) is 48.5 Å². The van der Waals surface area contributed by atoms with Gasteiger partial charge in [0.2, 0.25) is 5.91 Å². The van der Waals surface area contributed by atoms with E-state index in [-0.39, 0.29) is 17.0 Å². The Hall–Kier alpha value is -2.19. The summed E-state index contributed by atoms with van der Waals surface area (Å²) in [6.45, 7) is 3.71. The maximum atomic E-state index is 13.0. The Morgan fingerprint density at radius 2 is 1.68 bits per heavy atom. The smallest absolute Gasteiger partial charge is 0.416 e. The minimum atomic E-state index is -4.42. The number of benzene rings is 2. The summed E-state index contributed by atoms with van der Waals surface area (Å²) < 4.78 is 44.6. The van der Waals surface area contributed by atoms with Crippen molar-refractivity contribution < 1.29 is 22.7 Å². The molecule has 2 aromatic carbocycles. The molecule has 0 radical (unpaired) electrons. The lowest BCUT2D eigenvalue weighted by Crippen LogP contribution is -2.39. The van der Waals surface area contributed by atoms with Crippen LogP contribution in [0.1, 0.15) is 35.8 Å². The van der Waals surface area contributed by atoms with Gasteiger partial charge >= 0.3 is 6.18 Å². The number of thioether (sulfide) groups is 1. The van der Waals surface area contributed by atoms with Crippen molar-refractivity contribution in [3.8, 4) is 11.5 Å². The van der Waals surface area contributed by atoms with E-state index in [0.717, 1.165) is 37.3 Å². The van der Waals surface area contributed by atoms with Crippen molar-refractivity contribution in [1.29, 1.82) is 0 Å². The number of ether oxygens (including phenoxy) is 1. The average Bonchev–Trinajstić information content (AvgIpc) is 3.13. The highest BCUT2D eigenvalue weighted by molar-refractivity contribution is 8.00. The Morgan fingerprint density at radius 3 is 2.42 bits per heavy atom. The number of likely N-dealkylation sites (tertiary alicyclic amines) is 1. The number of piperidine rings is 1. The molecule has 2 saturated heterocycles. The van der Waals surface area contributed by atoms with Crippen molar-refractivity contribution in [2.24, 2.45) is 0 Å². The Bertz CT molecular complexity index is 916. The molecule has 166 valence electrons. The second-order valence-corrected chi connectivity index (χ2v) is 8.92. The molecule has 0 saturated carbocycles. The van der Waals surface area contributed by atoms with Gasteiger partial charge in [0.25, 0.3) is 0 Å². The number of alkyl halides is 3. The van der Waals surface area contributed by atoms with Gasteiger partial charge in [-0.05, 0) is 61.8 Å². The number of nitrogens with zero attached hydrogens (tertiary/aromatic N) is 2. The molecule has 4 nitrogen and oxygen atoms in total. The highest BCUT2D eigenvalue weighted by Crippen LogP contribution is 2.40. The molecule has 2 fully saturated rings. The first-order valence-corrected chi connectivity index (χ1v) is 11.5. The monoisotopic (exact) mass is 450 g/mol. The normalized spacial score (nSPS) is 20.3. The number of halogens is 3. The van der Waals surface area contributed by atoms with E-state index in [4.69, 9.17) is 4.74 Å². The molecule has 2 aromatic rings. The molecule has 31 heavy (non-hydrogen) atoms. The lowest BCUT2D eigenvalue weighted by molar-refractivity contribution is -0.137. The predicted octanol–water partition coefficient (Wildman–Crippen LogP) is 5.56. The van der Waals surface area contributed by atoms with E-state index in [1.165, 1.54) is 31.4 Å². The van der Waals surface area contributed by atoms with Gasteiger partial charge in [0.15, 0.2) is 0 Å². The second kappa shape index (κ2) is 9.53. The van der Waals surface area contributed by atoms with Crippen LogP contribution in [0.2, 0.25) is 0 Å². The largest absolute Gasteiger partial charge is 0.457 e. The zero-order valence-electron chi connectivity index (χ0n) is 17.1. The van der Waals surface area contributed by atoms with Crippen molar-refractivity contribution in [3.05, 3.63) is 59.7 Å². The van der Waals surface area contributed by atoms with Crippen molar-refractivity contribution in [2.45, 2.75) is 30.8 Å². The van der Waals surface area contributed by atoms with Gasteiger partial charge in [0.05, 0.1) is 11.3 Å². The van der Waals surface area contributed by atoms with E-state index >= 15 is 0 Å². The van der Waals surface area contributed by atoms with Crippen LogP contribution >= 0.6 is 11.8 Å².